The molecule has 0 saturated carbocycles. The van der Waals surface area contributed by atoms with Gasteiger partial charge in [0.2, 0.25) is 5.91 Å². The van der Waals surface area contributed by atoms with Gasteiger partial charge >= 0.3 is 0 Å². The topological polar surface area (TPSA) is 40.6 Å². The molecule has 0 spiro atoms. The lowest BCUT2D eigenvalue weighted by Gasteiger charge is -2.47. The fourth-order valence-corrected chi connectivity index (χ4v) is 2.81. The summed E-state index contributed by atoms with van der Waals surface area (Å²) in [7, 11) is 1.94. The third kappa shape index (κ3) is 1.12. The number of imide groups is 1. The van der Waals surface area contributed by atoms with Gasteiger partial charge in [0, 0.05) is 13.5 Å². The summed E-state index contributed by atoms with van der Waals surface area (Å²) in [4.78, 5) is 27.6. The smallest absolute Gasteiger partial charge is 0.264 e. The molecule has 17 heavy (non-hydrogen) atoms. The number of hydrogen-bond acceptors (Lipinski definition) is 3. The summed E-state index contributed by atoms with van der Waals surface area (Å²) in [5, 5.41) is 0. The van der Waals surface area contributed by atoms with Gasteiger partial charge in [0.1, 0.15) is 5.66 Å². The van der Waals surface area contributed by atoms with Crippen molar-refractivity contribution in [2.75, 3.05) is 11.9 Å². The minimum Gasteiger partial charge on any atom is -0.351 e. The van der Waals surface area contributed by atoms with Crippen LogP contribution in [0.3, 0.4) is 0 Å². The zero-order chi connectivity index (χ0) is 12.2. The third-order valence-electron chi connectivity index (χ3n) is 3.97. The Balaban J connectivity index is 2.23. The maximum absolute atomic E-state index is 12.3. The van der Waals surface area contributed by atoms with Crippen molar-refractivity contribution < 1.29 is 9.59 Å². The molecule has 1 aromatic carbocycles. The molecule has 0 aromatic heterocycles. The Morgan fingerprint density at radius 3 is 2.71 bits per heavy atom. The molecule has 88 valence electrons. The number of nitrogens with zero attached hydrogens (tertiary/aromatic N) is 2. The number of carbonyl (C=O) groups is 2. The van der Waals surface area contributed by atoms with Gasteiger partial charge in [0.15, 0.2) is 0 Å². The molecule has 2 aliphatic heterocycles. The molecule has 1 fully saturated rings. The maximum Gasteiger partial charge on any atom is 0.264 e. The Morgan fingerprint density at radius 2 is 1.94 bits per heavy atom. The fourth-order valence-electron chi connectivity index (χ4n) is 2.81. The number of para-hydroxylation sites is 1. The number of benzene rings is 1. The molecule has 1 aromatic rings. The van der Waals surface area contributed by atoms with Crippen LogP contribution in [0.15, 0.2) is 24.3 Å². The van der Waals surface area contributed by atoms with Crippen molar-refractivity contribution in [3.8, 4) is 0 Å². The lowest BCUT2D eigenvalue weighted by molar-refractivity contribution is -0.128. The first-order valence-electron chi connectivity index (χ1n) is 5.76. The Kier molecular flexibility index (Phi) is 1.88. The number of carbonyl (C=O) groups excluding carboxylic acids is 2. The SMILES string of the molecule is CN1c2ccccc2C(=O)N2C(=O)CCC21C. The van der Waals surface area contributed by atoms with E-state index < -0.39 is 5.66 Å². The van der Waals surface area contributed by atoms with Crippen LogP contribution < -0.4 is 4.90 Å². The van der Waals surface area contributed by atoms with Crippen molar-refractivity contribution in [3.05, 3.63) is 29.8 Å². The monoisotopic (exact) mass is 230 g/mol. The molecule has 2 aliphatic rings. The highest BCUT2D eigenvalue weighted by atomic mass is 16.2. The first kappa shape index (κ1) is 10.3. The third-order valence-corrected chi connectivity index (χ3v) is 3.97. The lowest BCUT2D eigenvalue weighted by atomic mass is 9.99. The Hall–Kier alpha value is -1.84. The van der Waals surface area contributed by atoms with Crippen molar-refractivity contribution in [3.63, 3.8) is 0 Å². The van der Waals surface area contributed by atoms with Crippen LogP contribution in [0.5, 0.6) is 0 Å². The zero-order valence-electron chi connectivity index (χ0n) is 9.93. The second-order valence-corrected chi connectivity index (χ2v) is 4.83. The van der Waals surface area contributed by atoms with Crippen LogP contribution in [0.4, 0.5) is 5.69 Å². The first-order valence-corrected chi connectivity index (χ1v) is 5.76. The van der Waals surface area contributed by atoms with Gasteiger partial charge in [-0.2, -0.15) is 0 Å². The molecule has 1 atom stereocenters. The average molecular weight is 230 g/mol. The Bertz CT molecular complexity index is 526. The van der Waals surface area contributed by atoms with E-state index in [0.717, 1.165) is 5.69 Å². The van der Waals surface area contributed by atoms with E-state index in [2.05, 4.69) is 0 Å². The fraction of sp³-hybridized carbons (Fsp3) is 0.385. The summed E-state index contributed by atoms with van der Waals surface area (Å²) >= 11 is 0. The highest BCUT2D eigenvalue weighted by Gasteiger charge is 2.52. The normalized spacial score (nSPS) is 27.2. The highest BCUT2D eigenvalue weighted by Crippen LogP contribution is 2.42. The van der Waals surface area contributed by atoms with Gasteiger partial charge in [-0.3, -0.25) is 14.5 Å². The second-order valence-electron chi connectivity index (χ2n) is 4.83. The Morgan fingerprint density at radius 1 is 1.24 bits per heavy atom. The summed E-state index contributed by atoms with van der Waals surface area (Å²) in [6.07, 6.45) is 1.14. The number of rotatable bonds is 0. The van der Waals surface area contributed by atoms with Gasteiger partial charge in [0.25, 0.3) is 5.91 Å². The van der Waals surface area contributed by atoms with Crippen molar-refractivity contribution in [1.82, 2.24) is 4.90 Å². The van der Waals surface area contributed by atoms with Crippen LogP contribution in [-0.2, 0) is 4.79 Å². The lowest BCUT2D eigenvalue weighted by Crippen LogP contribution is -2.60. The molecule has 4 heteroatoms. The van der Waals surface area contributed by atoms with E-state index in [4.69, 9.17) is 0 Å². The predicted octanol–water partition coefficient (Wildman–Crippen LogP) is 1.62. The largest absolute Gasteiger partial charge is 0.351 e. The summed E-state index contributed by atoms with van der Waals surface area (Å²) < 4.78 is 0. The van der Waals surface area contributed by atoms with Crippen LogP contribution in [0.2, 0.25) is 0 Å². The summed E-state index contributed by atoms with van der Waals surface area (Å²) in [6.45, 7) is 1.95. The van der Waals surface area contributed by atoms with Crippen molar-refractivity contribution in [1.29, 1.82) is 0 Å². The van der Waals surface area contributed by atoms with Crippen molar-refractivity contribution in [2.45, 2.75) is 25.4 Å². The van der Waals surface area contributed by atoms with Crippen LogP contribution in [0, 0.1) is 0 Å². The zero-order valence-corrected chi connectivity index (χ0v) is 9.93. The molecule has 3 rings (SSSR count). The number of anilines is 1. The molecule has 1 saturated heterocycles. The van der Waals surface area contributed by atoms with E-state index >= 15 is 0 Å². The number of fused-ring (bicyclic) bond motifs is 2. The maximum atomic E-state index is 12.3. The number of amides is 2. The summed E-state index contributed by atoms with van der Waals surface area (Å²) in [6, 6.07) is 7.45. The van der Waals surface area contributed by atoms with Gasteiger partial charge in [-0.1, -0.05) is 12.1 Å². The average Bonchev–Trinajstić information content (AvgIpc) is 2.64. The van der Waals surface area contributed by atoms with E-state index in [1.807, 2.05) is 37.1 Å². The van der Waals surface area contributed by atoms with Crippen LogP contribution >= 0.6 is 0 Å². The van der Waals surface area contributed by atoms with E-state index in [1.165, 1.54) is 4.90 Å². The van der Waals surface area contributed by atoms with E-state index in [0.29, 0.717) is 18.4 Å². The van der Waals surface area contributed by atoms with Gasteiger partial charge in [0.05, 0.1) is 11.3 Å². The minimum atomic E-state index is -0.498. The predicted molar refractivity (Wildman–Crippen MR) is 63.7 cm³/mol. The molecular weight excluding hydrogens is 216 g/mol. The van der Waals surface area contributed by atoms with Crippen LogP contribution in [0.25, 0.3) is 0 Å². The molecule has 0 aliphatic carbocycles. The van der Waals surface area contributed by atoms with Gasteiger partial charge in [-0.25, -0.2) is 0 Å². The number of hydrogen-bond donors (Lipinski definition) is 0. The minimum absolute atomic E-state index is 0.0705. The Labute approximate surface area is 99.8 Å². The summed E-state index contributed by atoms with van der Waals surface area (Å²) in [5.41, 5.74) is 1.02. The van der Waals surface area contributed by atoms with E-state index in [1.54, 1.807) is 6.07 Å². The van der Waals surface area contributed by atoms with Crippen LogP contribution in [-0.4, -0.2) is 29.4 Å². The van der Waals surface area contributed by atoms with Gasteiger partial charge < -0.3 is 4.90 Å². The molecule has 0 bridgehead atoms. The molecule has 4 nitrogen and oxygen atoms in total. The quantitative estimate of drug-likeness (QED) is 0.636. The molecule has 0 N–H and O–H groups in total. The molecule has 1 unspecified atom stereocenters. The molecule has 2 heterocycles. The van der Waals surface area contributed by atoms with Crippen molar-refractivity contribution in [2.24, 2.45) is 0 Å². The van der Waals surface area contributed by atoms with E-state index in [9.17, 15) is 9.59 Å². The van der Waals surface area contributed by atoms with Crippen LogP contribution in [0.1, 0.15) is 30.1 Å². The van der Waals surface area contributed by atoms with Crippen molar-refractivity contribution >= 4 is 17.5 Å². The van der Waals surface area contributed by atoms with Gasteiger partial charge in [-0.15, -0.1) is 0 Å². The van der Waals surface area contributed by atoms with E-state index in [-0.39, 0.29) is 11.8 Å². The molecule has 0 radical (unpaired) electrons. The summed E-state index contributed by atoms with van der Waals surface area (Å²) in [5.74, 6) is -0.234. The van der Waals surface area contributed by atoms with Gasteiger partial charge in [-0.05, 0) is 25.5 Å². The highest BCUT2D eigenvalue weighted by molar-refractivity contribution is 6.11. The molecular formula is C13H14N2O2. The second kappa shape index (κ2) is 3.09. The molecule has 2 amide bonds. The first-order chi connectivity index (χ1) is 8.05. The standard InChI is InChI=1S/C13H14N2O2/c1-13-8-7-11(16)15(13)12(17)9-5-3-4-6-10(9)14(13)2/h3-6H,7-8H2,1-2H3.